The van der Waals surface area contributed by atoms with Crippen LogP contribution in [0.4, 0.5) is 0 Å². The molecule has 0 rings (SSSR count). The summed E-state index contributed by atoms with van der Waals surface area (Å²) < 4.78 is 0.821. The number of likely N-dealkylation sites (N-methyl/N-ethyl adjacent to an activating group) is 1. The molecule has 0 aromatic carbocycles. The first-order valence-corrected chi connectivity index (χ1v) is 9.15. The van der Waals surface area contributed by atoms with Gasteiger partial charge in [-0.3, -0.25) is 0 Å². The lowest BCUT2D eigenvalue weighted by Crippen LogP contribution is -2.45. The van der Waals surface area contributed by atoms with E-state index in [4.69, 9.17) is 0 Å². The summed E-state index contributed by atoms with van der Waals surface area (Å²) in [5, 5.41) is 13.2. The third kappa shape index (κ3) is 17.8. The molecule has 0 unspecified atom stereocenters. The standard InChI is InChI=1S/C18H41N2O/c1-5-6-7-8-9-10-11-12-13-14-15-19-16-18(21)17-20(2,3)4/h18-19,21H,5-17H2,1-4H3/q+1/t18-/m1/s1. The summed E-state index contributed by atoms with van der Waals surface area (Å²) in [6, 6.07) is 0. The minimum atomic E-state index is -0.229. The van der Waals surface area contributed by atoms with E-state index in [1.807, 2.05) is 0 Å². The summed E-state index contributed by atoms with van der Waals surface area (Å²) in [4.78, 5) is 0. The van der Waals surface area contributed by atoms with Crippen LogP contribution < -0.4 is 5.32 Å². The van der Waals surface area contributed by atoms with E-state index >= 15 is 0 Å². The van der Waals surface area contributed by atoms with E-state index in [2.05, 4.69) is 33.4 Å². The van der Waals surface area contributed by atoms with Crippen molar-refractivity contribution < 1.29 is 9.59 Å². The predicted molar refractivity (Wildman–Crippen MR) is 93.6 cm³/mol. The summed E-state index contributed by atoms with van der Waals surface area (Å²) in [6.07, 6.45) is 13.6. The van der Waals surface area contributed by atoms with Crippen LogP contribution in [-0.4, -0.2) is 56.5 Å². The molecule has 0 amide bonds. The smallest absolute Gasteiger partial charge is 0.115 e. The first-order chi connectivity index (χ1) is 9.95. The summed E-state index contributed by atoms with van der Waals surface area (Å²) in [5.41, 5.74) is 0. The first kappa shape index (κ1) is 20.9. The van der Waals surface area contributed by atoms with E-state index < -0.39 is 0 Å². The van der Waals surface area contributed by atoms with Gasteiger partial charge in [0.2, 0.25) is 0 Å². The second kappa shape index (κ2) is 13.5. The average molecular weight is 302 g/mol. The molecule has 0 radical (unpaired) electrons. The molecule has 0 aromatic rings. The Hall–Kier alpha value is -0.120. The van der Waals surface area contributed by atoms with Crippen molar-refractivity contribution in [3.8, 4) is 0 Å². The van der Waals surface area contributed by atoms with Crippen molar-refractivity contribution in [3.63, 3.8) is 0 Å². The summed E-state index contributed by atoms with van der Waals surface area (Å²) in [5.74, 6) is 0. The molecule has 0 heterocycles. The molecule has 0 spiro atoms. The quantitative estimate of drug-likeness (QED) is 0.358. The van der Waals surface area contributed by atoms with Crippen LogP contribution >= 0.6 is 0 Å². The Morgan fingerprint density at radius 3 is 1.76 bits per heavy atom. The molecular formula is C18H41N2O+. The Bertz CT molecular complexity index is 214. The molecule has 0 aliphatic carbocycles. The normalized spacial score (nSPS) is 13.6. The highest BCUT2D eigenvalue weighted by atomic mass is 16.3. The number of aliphatic hydroxyl groups is 1. The number of quaternary nitrogens is 1. The Morgan fingerprint density at radius 1 is 0.810 bits per heavy atom. The fourth-order valence-corrected chi connectivity index (χ4v) is 2.70. The molecule has 2 N–H and O–H groups in total. The van der Waals surface area contributed by atoms with E-state index in [9.17, 15) is 5.11 Å². The first-order valence-electron chi connectivity index (χ1n) is 9.15. The third-order valence-corrected chi connectivity index (χ3v) is 3.85. The highest BCUT2D eigenvalue weighted by molar-refractivity contribution is 4.58. The number of unbranched alkanes of at least 4 members (excludes halogenated alkanes) is 9. The number of nitrogens with one attached hydrogen (secondary N) is 1. The molecule has 0 fully saturated rings. The van der Waals surface area contributed by atoms with Crippen LogP contribution in [0.25, 0.3) is 0 Å². The summed E-state index contributed by atoms with van der Waals surface area (Å²) in [7, 11) is 6.35. The van der Waals surface area contributed by atoms with Crippen LogP contribution in [0, 0.1) is 0 Å². The molecule has 0 bridgehead atoms. The summed E-state index contributed by atoms with van der Waals surface area (Å²) >= 11 is 0. The maximum atomic E-state index is 9.87. The lowest BCUT2D eigenvalue weighted by molar-refractivity contribution is -0.873. The molecule has 1 atom stereocenters. The van der Waals surface area contributed by atoms with Crippen LogP contribution in [0.3, 0.4) is 0 Å². The van der Waals surface area contributed by atoms with Crippen LogP contribution in [0.15, 0.2) is 0 Å². The molecule has 0 saturated heterocycles. The Kier molecular flexibility index (Phi) is 13.5. The van der Waals surface area contributed by atoms with E-state index in [-0.39, 0.29) is 6.10 Å². The van der Waals surface area contributed by atoms with Crippen molar-refractivity contribution >= 4 is 0 Å². The van der Waals surface area contributed by atoms with Crippen LogP contribution in [0.5, 0.6) is 0 Å². The van der Waals surface area contributed by atoms with Gasteiger partial charge in [0.1, 0.15) is 12.6 Å². The van der Waals surface area contributed by atoms with Gasteiger partial charge in [0.25, 0.3) is 0 Å². The molecule has 0 aliphatic rings. The maximum Gasteiger partial charge on any atom is 0.115 e. The molecule has 0 aliphatic heterocycles. The lowest BCUT2D eigenvalue weighted by atomic mass is 10.1. The molecular weight excluding hydrogens is 260 g/mol. The fourth-order valence-electron chi connectivity index (χ4n) is 2.70. The highest BCUT2D eigenvalue weighted by Gasteiger charge is 2.14. The zero-order valence-corrected chi connectivity index (χ0v) is 15.2. The van der Waals surface area contributed by atoms with Gasteiger partial charge in [-0.25, -0.2) is 0 Å². The zero-order chi connectivity index (χ0) is 16.0. The minimum Gasteiger partial charge on any atom is -0.386 e. The molecule has 128 valence electrons. The van der Waals surface area contributed by atoms with Crippen molar-refractivity contribution in [2.75, 3.05) is 40.8 Å². The SMILES string of the molecule is CCCCCCCCCCCCNC[C@@H](O)C[N+](C)(C)C. The molecule has 3 heteroatoms. The predicted octanol–water partition coefficient (Wildman–Crippen LogP) is 3.56. The number of aliphatic hydroxyl groups excluding tert-OH is 1. The number of hydrogen-bond donors (Lipinski definition) is 2. The zero-order valence-electron chi connectivity index (χ0n) is 15.2. The van der Waals surface area contributed by atoms with Crippen molar-refractivity contribution in [2.24, 2.45) is 0 Å². The van der Waals surface area contributed by atoms with Gasteiger partial charge in [-0.15, -0.1) is 0 Å². The van der Waals surface area contributed by atoms with Gasteiger partial charge in [-0.05, 0) is 13.0 Å². The van der Waals surface area contributed by atoms with Gasteiger partial charge >= 0.3 is 0 Å². The molecule has 0 aromatic heterocycles. The van der Waals surface area contributed by atoms with Crippen molar-refractivity contribution in [2.45, 2.75) is 77.2 Å². The molecule has 21 heavy (non-hydrogen) atoms. The number of nitrogens with zero attached hydrogens (tertiary/aromatic N) is 1. The Balaban J connectivity index is 3.15. The second-order valence-electron chi connectivity index (χ2n) is 7.51. The maximum absolute atomic E-state index is 9.87. The van der Waals surface area contributed by atoms with Gasteiger partial charge in [0.05, 0.1) is 21.1 Å². The van der Waals surface area contributed by atoms with Gasteiger partial charge < -0.3 is 14.9 Å². The van der Waals surface area contributed by atoms with Crippen LogP contribution in [0.2, 0.25) is 0 Å². The number of rotatable bonds is 15. The summed E-state index contributed by atoms with van der Waals surface area (Å²) in [6.45, 7) is 4.86. The average Bonchev–Trinajstić information content (AvgIpc) is 2.38. The van der Waals surface area contributed by atoms with E-state index in [0.717, 1.165) is 24.1 Å². The number of hydrogen-bond acceptors (Lipinski definition) is 2. The van der Waals surface area contributed by atoms with Crippen molar-refractivity contribution in [1.29, 1.82) is 0 Å². The lowest BCUT2D eigenvalue weighted by Gasteiger charge is -2.26. The van der Waals surface area contributed by atoms with Gasteiger partial charge in [0, 0.05) is 6.54 Å². The van der Waals surface area contributed by atoms with Gasteiger partial charge in [-0.2, -0.15) is 0 Å². The van der Waals surface area contributed by atoms with Crippen LogP contribution in [0.1, 0.15) is 71.1 Å². The van der Waals surface area contributed by atoms with Gasteiger partial charge in [0.15, 0.2) is 0 Å². The van der Waals surface area contributed by atoms with Crippen molar-refractivity contribution in [1.82, 2.24) is 5.32 Å². The Labute approximate surface area is 133 Å². The van der Waals surface area contributed by atoms with E-state index in [0.29, 0.717) is 0 Å². The van der Waals surface area contributed by atoms with Crippen LogP contribution in [-0.2, 0) is 0 Å². The monoisotopic (exact) mass is 301 g/mol. The highest BCUT2D eigenvalue weighted by Crippen LogP contribution is 2.10. The van der Waals surface area contributed by atoms with Gasteiger partial charge in [-0.1, -0.05) is 64.7 Å². The van der Waals surface area contributed by atoms with Crippen molar-refractivity contribution in [3.05, 3.63) is 0 Å². The largest absolute Gasteiger partial charge is 0.386 e. The topological polar surface area (TPSA) is 32.3 Å². The molecule has 3 nitrogen and oxygen atoms in total. The Morgan fingerprint density at radius 2 is 1.29 bits per heavy atom. The molecule has 0 saturated carbocycles. The minimum absolute atomic E-state index is 0.229. The second-order valence-corrected chi connectivity index (χ2v) is 7.51. The van der Waals surface area contributed by atoms with E-state index in [1.54, 1.807) is 0 Å². The fraction of sp³-hybridized carbons (Fsp3) is 1.00. The third-order valence-electron chi connectivity index (χ3n) is 3.85. The van der Waals surface area contributed by atoms with E-state index in [1.165, 1.54) is 64.2 Å².